The molecule has 1 rings (SSSR count). The predicted molar refractivity (Wildman–Crippen MR) is 58.2 cm³/mol. The van der Waals surface area contributed by atoms with Crippen molar-refractivity contribution in [3.63, 3.8) is 0 Å². The fourth-order valence-electron chi connectivity index (χ4n) is 2.21. The molecule has 1 aliphatic carbocycles. The monoisotopic (exact) mass is 283 g/mol. The van der Waals surface area contributed by atoms with Crippen molar-refractivity contribution < 1.29 is 33.0 Å². The van der Waals surface area contributed by atoms with Gasteiger partial charge >= 0.3 is 12.1 Å². The molecule has 110 valence electrons. The highest BCUT2D eigenvalue weighted by Gasteiger charge is 2.43. The molecular formula is C11H16F3NO4. The number of hydrogen-bond acceptors (Lipinski definition) is 3. The van der Waals surface area contributed by atoms with Crippen LogP contribution in [-0.2, 0) is 9.59 Å². The number of carbonyl (C=O) groups is 2. The molecule has 19 heavy (non-hydrogen) atoms. The molecule has 0 aromatic heterocycles. The highest BCUT2D eigenvalue weighted by atomic mass is 19.4. The first-order valence-corrected chi connectivity index (χ1v) is 5.92. The van der Waals surface area contributed by atoms with Gasteiger partial charge in [0.05, 0.1) is 12.0 Å². The van der Waals surface area contributed by atoms with E-state index in [1.165, 1.54) is 0 Å². The van der Waals surface area contributed by atoms with Crippen LogP contribution in [0.5, 0.6) is 0 Å². The van der Waals surface area contributed by atoms with Gasteiger partial charge < -0.3 is 15.5 Å². The van der Waals surface area contributed by atoms with Gasteiger partial charge in [-0.1, -0.05) is 12.8 Å². The normalized spacial score (nSPS) is 20.0. The summed E-state index contributed by atoms with van der Waals surface area (Å²) in [6, 6.07) is 0. The average Bonchev–Trinajstić information content (AvgIpc) is 2.74. The standard InChI is InChI=1S/C11H16F3NO4/c12-11(13,14)7(16)6-15-8(17)5-10(9(18)19)3-1-2-4-10/h7,16H,1-6H2,(H,15,17)(H,18,19). The number of carboxylic acid groups (broad SMARTS) is 1. The molecule has 0 bridgehead atoms. The molecule has 0 radical (unpaired) electrons. The van der Waals surface area contributed by atoms with Crippen molar-refractivity contribution in [2.75, 3.05) is 6.54 Å². The Bertz CT molecular complexity index is 350. The number of aliphatic hydroxyl groups excluding tert-OH is 1. The van der Waals surface area contributed by atoms with Gasteiger partial charge in [0.1, 0.15) is 0 Å². The van der Waals surface area contributed by atoms with Crippen LogP contribution in [0.2, 0.25) is 0 Å². The van der Waals surface area contributed by atoms with Gasteiger partial charge in [-0.3, -0.25) is 9.59 Å². The Morgan fingerprint density at radius 2 is 1.79 bits per heavy atom. The van der Waals surface area contributed by atoms with Crippen LogP contribution >= 0.6 is 0 Å². The molecular weight excluding hydrogens is 267 g/mol. The van der Waals surface area contributed by atoms with Gasteiger partial charge in [-0.25, -0.2) is 0 Å². The van der Waals surface area contributed by atoms with Crippen molar-refractivity contribution >= 4 is 11.9 Å². The highest BCUT2D eigenvalue weighted by Crippen LogP contribution is 2.41. The molecule has 0 saturated heterocycles. The number of nitrogens with one attached hydrogen (secondary N) is 1. The van der Waals surface area contributed by atoms with E-state index in [2.05, 4.69) is 0 Å². The zero-order valence-corrected chi connectivity index (χ0v) is 10.2. The van der Waals surface area contributed by atoms with Crippen molar-refractivity contribution in [1.29, 1.82) is 0 Å². The van der Waals surface area contributed by atoms with Gasteiger partial charge in [-0.2, -0.15) is 13.2 Å². The molecule has 0 aromatic carbocycles. The summed E-state index contributed by atoms with van der Waals surface area (Å²) < 4.78 is 36.0. The second-order valence-corrected chi connectivity index (χ2v) is 4.83. The molecule has 1 fully saturated rings. The van der Waals surface area contributed by atoms with Gasteiger partial charge in [0, 0.05) is 6.42 Å². The summed E-state index contributed by atoms with van der Waals surface area (Å²) >= 11 is 0. The summed E-state index contributed by atoms with van der Waals surface area (Å²) in [7, 11) is 0. The average molecular weight is 283 g/mol. The van der Waals surface area contributed by atoms with Gasteiger partial charge in [-0.05, 0) is 12.8 Å². The summed E-state index contributed by atoms with van der Waals surface area (Å²) in [6.07, 6.45) is -5.73. The predicted octanol–water partition coefficient (Wildman–Crippen LogP) is 1.06. The fraction of sp³-hybridized carbons (Fsp3) is 0.818. The smallest absolute Gasteiger partial charge is 0.416 e. The number of halogens is 3. The number of carbonyl (C=O) groups excluding carboxylic acids is 1. The molecule has 1 saturated carbocycles. The number of aliphatic hydroxyl groups is 1. The molecule has 0 heterocycles. The maximum absolute atomic E-state index is 12.0. The van der Waals surface area contributed by atoms with E-state index in [1.807, 2.05) is 5.32 Å². The number of hydrogen-bond donors (Lipinski definition) is 3. The maximum Gasteiger partial charge on any atom is 0.416 e. The summed E-state index contributed by atoms with van der Waals surface area (Å²) in [5, 5.41) is 19.7. The van der Waals surface area contributed by atoms with Gasteiger partial charge in [0.2, 0.25) is 5.91 Å². The van der Waals surface area contributed by atoms with E-state index in [0.717, 1.165) is 0 Å². The molecule has 1 aliphatic rings. The molecule has 5 nitrogen and oxygen atoms in total. The number of carboxylic acids is 1. The van der Waals surface area contributed by atoms with E-state index in [0.29, 0.717) is 25.7 Å². The molecule has 0 aromatic rings. The van der Waals surface area contributed by atoms with Crippen LogP contribution in [0.15, 0.2) is 0 Å². The Morgan fingerprint density at radius 1 is 1.26 bits per heavy atom. The van der Waals surface area contributed by atoms with Gasteiger partial charge in [0.25, 0.3) is 0 Å². The lowest BCUT2D eigenvalue weighted by Gasteiger charge is -2.23. The van der Waals surface area contributed by atoms with Crippen molar-refractivity contribution in [3.8, 4) is 0 Å². The molecule has 1 atom stereocenters. The lowest BCUT2D eigenvalue weighted by Crippen LogP contribution is -2.43. The summed E-state index contributed by atoms with van der Waals surface area (Å²) in [5.41, 5.74) is -1.17. The molecule has 0 aliphatic heterocycles. The van der Waals surface area contributed by atoms with Crippen LogP contribution in [0.4, 0.5) is 13.2 Å². The first kappa shape index (κ1) is 15.7. The Morgan fingerprint density at radius 3 is 2.21 bits per heavy atom. The maximum atomic E-state index is 12.0. The molecule has 0 spiro atoms. The third-order valence-electron chi connectivity index (χ3n) is 3.38. The van der Waals surface area contributed by atoms with Crippen molar-refractivity contribution in [2.24, 2.45) is 5.41 Å². The summed E-state index contributed by atoms with van der Waals surface area (Å²) in [4.78, 5) is 22.6. The van der Waals surface area contributed by atoms with Crippen LogP contribution in [-0.4, -0.2) is 40.9 Å². The zero-order chi connectivity index (χ0) is 14.7. The Balaban J connectivity index is 2.49. The summed E-state index contributed by atoms with van der Waals surface area (Å²) in [6.45, 7) is -0.960. The number of rotatable bonds is 5. The largest absolute Gasteiger partial charge is 0.481 e. The van der Waals surface area contributed by atoms with E-state index in [1.54, 1.807) is 0 Å². The lowest BCUT2D eigenvalue weighted by molar-refractivity contribution is -0.202. The topological polar surface area (TPSA) is 86.6 Å². The Hall–Kier alpha value is -1.31. The van der Waals surface area contributed by atoms with Crippen LogP contribution < -0.4 is 5.32 Å². The Kier molecular flexibility index (Phi) is 4.78. The van der Waals surface area contributed by atoms with Crippen LogP contribution in [0, 0.1) is 5.41 Å². The van der Waals surface area contributed by atoms with Gasteiger partial charge in [0.15, 0.2) is 6.10 Å². The van der Waals surface area contributed by atoms with Crippen LogP contribution in [0.25, 0.3) is 0 Å². The van der Waals surface area contributed by atoms with E-state index >= 15 is 0 Å². The fourth-order valence-corrected chi connectivity index (χ4v) is 2.21. The zero-order valence-electron chi connectivity index (χ0n) is 10.2. The Labute approximate surface area is 107 Å². The molecule has 3 N–H and O–H groups in total. The van der Waals surface area contributed by atoms with Gasteiger partial charge in [-0.15, -0.1) is 0 Å². The summed E-state index contributed by atoms with van der Waals surface area (Å²) in [5.74, 6) is -1.89. The second-order valence-electron chi connectivity index (χ2n) is 4.83. The third-order valence-corrected chi connectivity index (χ3v) is 3.38. The lowest BCUT2D eigenvalue weighted by atomic mass is 9.82. The molecule has 1 unspecified atom stereocenters. The van der Waals surface area contributed by atoms with E-state index in [9.17, 15) is 22.8 Å². The van der Waals surface area contributed by atoms with E-state index in [4.69, 9.17) is 10.2 Å². The van der Waals surface area contributed by atoms with E-state index < -0.39 is 36.1 Å². The van der Waals surface area contributed by atoms with Crippen molar-refractivity contribution in [2.45, 2.75) is 44.4 Å². The minimum absolute atomic E-state index is 0.345. The van der Waals surface area contributed by atoms with Crippen molar-refractivity contribution in [3.05, 3.63) is 0 Å². The van der Waals surface area contributed by atoms with Crippen LogP contribution in [0.3, 0.4) is 0 Å². The minimum Gasteiger partial charge on any atom is -0.481 e. The SMILES string of the molecule is O=C(CC1(C(=O)O)CCCC1)NCC(O)C(F)(F)F. The number of aliphatic carboxylic acids is 1. The van der Waals surface area contributed by atoms with Crippen molar-refractivity contribution in [1.82, 2.24) is 5.32 Å². The first-order chi connectivity index (χ1) is 8.67. The third kappa shape index (κ3) is 4.09. The van der Waals surface area contributed by atoms with Crippen LogP contribution in [0.1, 0.15) is 32.1 Å². The molecule has 8 heteroatoms. The molecule has 1 amide bonds. The van der Waals surface area contributed by atoms with E-state index in [-0.39, 0.29) is 6.42 Å². The number of amides is 1. The first-order valence-electron chi connectivity index (χ1n) is 5.92. The highest BCUT2D eigenvalue weighted by molar-refractivity contribution is 5.85. The number of alkyl halides is 3. The second kappa shape index (κ2) is 5.77. The minimum atomic E-state index is -4.80. The quantitative estimate of drug-likeness (QED) is 0.704.